The van der Waals surface area contributed by atoms with Crippen LogP contribution in [0.1, 0.15) is 31.1 Å². The van der Waals surface area contributed by atoms with Gasteiger partial charge in [-0.3, -0.25) is 0 Å². The van der Waals surface area contributed by atoms with Crippen molar-refractivity contribution >= 4 is 5.70 Å². The van der Waals surface area contributed by atoms with Crippen LogP contribution in [0.4, 0.5) is 0 Å². The second kappa shape index (κ2) is 4.81. The summed E-state index contributed by atoms with van der Waals surface area (Å²) in [6.07, 6.45) is 8.04. The standard InChI is InChI=1S/C11H14N4O/c12-5-4-10(13)9-7-14-15(8-9)11-3-1-2-6-16-11/h4,7-8,11H,1-3,6,13H2/b10-4-. The van der Waals surface area contributed by atoms with E-state index < -0.39 is 0 Å². The molecule has 0 bridgehead atoms. The molecule has 1 unspecified atom stereocenters. The normalized spacial score (nSPS) is 21.7. The lowest BCUT2D eigenvalue weighted by molar-refractivity contribution is -0.0394. The zero-order chi connectivity index (χ0) is 11.4. The van der Waals surface area contributed by atoms with Crippen LogP contribution in [-0.2, 0) is 4.74 Å². The van der Waals surface area contributed by atoms with Gasteiger partial charge in [-0.05, 0) is 19.3 Å². The van der Waals surface area contributed by atoms with Gasteiger partial charge in [0.1, 0.15) is 6.23 Å². The molecule has 2 rings (SSSR count). The van der Waals surface area contributed by atoms with Gasteiger partial charge in [-0.1, -0.05) is 0 Å². The molecule has 1 fully saturated rings. The molecule has 84 valence electrons. The molecule has 16 heavy (non-hydrogen) atoms. The fourth-order valence-corrected chi connectivity index (χ4v) is 1.73. The number of hydrogen-bond donors (Lipinski definition) is 1. The predicted octanol–water partition coefficient (Wildman–Crippen LogP) is 1.41. The molecule has 1 aromatic rings. The topological polar surface area (TPSA) is 76.9 Å². The summed E-state index contributed by atoms with van der Waals surface area (Å²) >= 11 is 0. The summed E-state index contributed by atoms with van der Waals surface area (Å²) in [6.45, 7) is 0.781. The van der Waals surface area contributed by atoms with Crippen molar-refractivity contribution in [1.29, 1.82) is 5.26 Å². The Balaban J connectivity index is 2.13. The van der Waals surface area contributed by atoms with Crippen molar-refractivity contribution < 1.29 is 4.74 Å². The quantitative estimate of drug-likeness (QED) is 0.761. The largest absolute Gasteiger partial charge is 0.398 e. The Bertz CT molecular complexity index is 423. The van der Waals surface area contributed by atoms with E-state index in [1.54, 1.807) is 10.9 Å². The number of rotatable bonds is 2. The molecule has 1 atom stereocenters. The summed E-state index contributed by atoms with van der Waals surface area (Å²) in [4.78, 5) is 0. The second-order valence-corrected chi connectivity index (χ2v) is 3.76. The van der Waals surface area contributed by atoms with Gasteiger partial charge in [0.05, 0.1) is 18.0 Å². The van der Waals surface area contributed by atoms with Crippen LogP contribution in [0.15, 0.2) is 18.5 Å². The fraction of sp³-hybridized carbons (Fsp3) is 0.455. The van der Waals surface area contributed by atoms with Crippen molar-refractivity contribution in [3.05, 3.63) is 24.0 Å². The van der Waals surface area contributed by atoms with E-state index in [0.717, 1.165) is 31.4 Å². The third-order valence-corrected chi connectivity index (χ3v) is 2.61. The van der Waals surface area contributed by atoms with Gasteiger partial charge in [-0.15, -0.1) is 0 Å². The molecule has 0 aromatic carbocycles. The lowest BCUT2D eigenvalue weighted by Crippen LogP contribution is -2.18. The van der Waals surface area contributed by atoms with Crippen molar-refractivity contribution in [3.63, 3.8) is 0 Å². The molecule has 0 amide bonds. The zero-order valence-electron chi connectivity index (χ0n) is 8.97. The monoisotopic (exact) mass is 218 g/mol. The second-order valence-electron chi connectivity index (χ2n) is 3.76. The van der Waals surface area contributed by atoms with E-state index in [9.17, 15) is 0 Å². The maximum Gasteiger partial charge on any atom is 0.150 e. The van der Waals surface area contributed by atoms with Crippen LogP contribution in [0.2, 0.25) is 0 Å². The molecule has 1 aromatic heterocycles. The van der Waals surface area contributed by atoms with Crippen molar-refractivity contribution in [1.82, 2.24) is 9.78 Å². The molecular formula is C11H14N4O. The maximum absolute atomic E-state index is 8.50. The molecule has 0 aliphatic carbocycles. The SMILES string of the molecule is N#C/C=C(\N)c1cnn(C2CCCCO2)c1. The molecule has 5 heteroatoms. The van der Waals surface area contributed by atoms with Crippen molar-refractivity contribution in [3.8, 4) is 6.07 Å². The highest BCUT2D eigenvalue weighted by Gasteiger charge is 2.16. The van der Waals surface area contributed by atoms with Crippen LogP contribution in [0, 0.1) is 11.3 Å². The van der Waals surface area contributed by atoms with Gasteiger partial charge in [0.2, 0.25) is 0 Å². The number of nitrogens with zero attached hydrogens (tertiary/aromatic N) is 3. The highest BCUT2D eigenvalue weighted by molar-refractivity contribution is 5.63. The Labute approximate surface area is 94.1 Å². The molecule has 0 radical (unpaired) electrons. The smallest absolute Gasteiger partial charge is 0.150 e. The number of hydrogen-bond acceptors (Lipinski definition) is 4. The minimum absolute atomic E-state index is 0.0115. The van der Waals surface area contributed by atoms with Gasteiger partial charge in [0.25, 0.3) is 0 Å². The average Bonchev–Trinajstić information content (AvgIpc) is 2.80. The molecule has 2 heterocycles. The van der Waals surface area contributed by atoms with Crippen LogP contribution in [-0.4, -0.2) is 16.4 Å². The van der Waals surface area contributed by atoms with Gasteiger partial charge in [-0.2, -0.15) is 10.4 Å². The van der Waals surface area contributed by atoms with Crippen LogP contribution in [0.3, 0.4) is 0 Å². The van der Waals surface area contributed by atoms with Crippen molar-refractivity contribution in [2.24, 2.45) is 5.73 Å². The van der Waals surface area contributed by atoms with E-state index in [4.69, 9.17) is 15.7 Å². The van der Waals surface area contributed by atoms with Crippen molar-refractivity contribution in [2.75, 3.05) is 6.61 Å². The first-order chi connectivity index (χ1) is 7.81. The van der Waals surface area contributed by atoms with E-state index in [1.165, 1.54) is 6.08 Å². The molecule has 5 nitrogen and oxygen atoms in total. The van der Waals surface area contributed by atoms with Gasteiger partial charge < -0.3 is 10.5 Å². The minimum Gasteiger partial charge on any atom is -0.398 e. The first-order valence-electron chi connectivity index (χ1n) is 5.32. The Morgan fingerprint density at radius 1 is 1.69 bits per heavy atom. The summed E-state index contributed by atoms with van der Waals surface area (Å²) in [7, 11) is 0. The molecular weight excluding hydrogens is 204 g/mol. The van der Waals surface area contributed by atoms with E-state index in [2.05, 4.69) is 5.10 Å². The lowest BCUT2D eigenvalue weighted by atomic mass is 10.2. The Hall–Kier alpha value is -1.80. The fourth-order valence-electron chi connectivity index (χ4n) is 1.73. The number of nitrogens with two attached hydrogens (primary N) is 1. The summed E-state index contributed by atoms with van der Waals surface area (Å²) in [5, 5.41) is 12.7. The Morgan fingerprint density at radius 2 is 2.56 bits per heavy atom. The highest BCUT2D eigenvalue weighted by atomic mass is 16.5. The number of ether oxygens (including phenoxy) is 1. The van der Waals surface area contributed by atoms with E-state index in [0.29, 0.717) is 5.70 Å². The van der Waals surface area contributed by atoms with Gasteiger partial charge in [0.15, 0.2) is 0 Å². The molecule has 1 aliphatic rings. The van der Waals surface area contributed by atoms with Crippen LogP contribution < -0.4 is 5.73 Å². The highest BCUT2D eigenvalue weighted by Crippen LogP contribution is 2.22. The van der Waals surface area contributed by atoms with E-state index >= 15 is 0 Å². The molecule has 0 saturated carbocycles. The summed E-state index contributed by atoms with van der Waals surface area (Å²) < 4.78 is 7.36. The average molecular weight is 218 g/mol. The van der Waals surface area contributed by atoms with Gasteiger partial charge in [0, 0.05) is 24.4 Å². The lowest BCUT2D eigenvalue weighted by Gasteiger charge is -2.22. The Morgan fingerprint density at radius 3 is 3.25 bits per heavy atom. The van der Waals surface area contributed by atoms with Crippen LogP contribution in [0.5, 0.6) is 0 Å². The van der Waals surface area contributed by atoms with Crippen LogP contribution in [0.25, 0.3) is 5.70 Å². The van der Waals surface area contributed by atoms with Crippen molar-refractivity contribution in [2.45, 2.75) is 25.5 Å². The van der Waals surface area contributed by atoms with E-state index in [-0.39, 0.29) is 6.23 Å². The maximum atomic E-state index is 8.50. The van der Waals surface area contributed by atoms with Gasteiger partial charge >= 0.3 is 0 Å². The van der Waals surface area contributed by atoms with Gasteiger partial charge in [-0.25, -0.2) is 4.68 Å². The minimum atomic E-state index is 0.0115. The summed E-state index contributed by atoms with van der Waals surface area (Å²) in [5.74, 6) is 0. The number of aromatic nitrogens is 2. The first kappa shape index (κ1) is 10.7. The summed E-state index contributed by atoms with van der Waals surface area (Å²) in [5.41, 5.74) is 6.89. The number of allylic oxidation sites excluding steroid dienone is 1. The predicted molar refractivity (Wildman–Crippen MR) is 58.8 cm³/mol. The molecule has 1 aliphatic heterocycles. The van der Waals surface area contributed by atoms with Crippen LogP contribution >= 0.6 is 0 Å². The third kappa shape index (κ3) is 2.23. The molecule has 2 N–H and O–H groups in total. The van der Waals surface area contributed by atoms with E-state index in [1.807, 2.05) is 12.3 Å². The number of nitriles is 1. The first-order valence-corrected chi connectivity index (χ1v) is 5.32. The molecule has 1 saturated heterocycles. The molecule has 0 spiro atoms. The Kier molecular flexibility index (Phi) is 3.22. The summed E-state index contributed by atoms with van der Waals surface area (Å²) in [6, 6.07) is 1.90. The zero-order valence-corrected chi connectivity index (χ0v) is 8.97. The third-order valence-electron chi connectivity index (χ3n) is 2.61.